The van der Waals surface area contributed by atoms with Crippen molar-refractivity contribution in [1.29, 1.82) is 0 Å². The van der Waals surface area contributed by atoms with E-state index in [0.29, 0.717) is 18.2 Å². The summed E-state index contributed by atoms with van der Waals surface area (Å²) >= 11 is 0. The van der Waals surface area contributed by atoms with Crippen LogP contribution in [0.3, 0.4) is 0 Å². The second kappa shape index (κ2) is 7.43. The third kappa shape index (κ3) is 4.10. The molecule has 5 nitrogen and oxygen atoms in total. The average molecular weight is 325 g/mol. The fraction of sp³-hybridized carbons (Fsp3) is 0.421. The highest BCUT2D eigenvalue weighted by Gasteiger charge is 2.21. The number of benzene rings is 1. The van der Waals surface area contributed by atoms with Gasteiger partial charge in [0, 0.05) is 12.1 Å². The van der Waals surface area contributed by atoms with Gasteiger partial charge in [0.05, 0.1) is 6.54 Å². The lowest BCUT2D eigenvalue weighted by atomic mass is 9.87. The van der Waals surface area contributed by atoms with E-state index in [2.05, 4.69) is 17.3 Å². The fourth-order valence-electron chi connectivity index (χ4n) is 3.26. The first-order chi connectivity index (χ1) is 11.6. The number of hydrogen-bond acceptors (Lipinski definition) is 3. The van der Waals surface area contributed by atoms with Crippen molar-refractivity contribution in [2.45, 2.75) is 45.2 Å². The van der Waals surface area contributed by atoms with Crippen LogP contribution in [0.1, 0.15) is 48.7 Å². The van der Waals surface area contributed by atoms with E-state index < -0.39 is 0 Å². The number of aromatic nitrogens is 2. The Hall–Kier alpha value is -2.43. The van der Waals surface area contributed by atoms with Crippen LogP contribution >= 0.6 is 0 Å². The highest BCUT2D eigenvalue weighted by atomic mass is 16.2. The Kier molecular flexibility index (Phi) is 5.08. The monoisotopic (exact) mass is 325 g/mol. The fourth-order valence-corrected chi connectivity index (χ4v) is 3.26. The molecule has 1 amide bonds. The first-order valence-corrected chi connectivity index (χ1v) is 8.55. The Balaban J connectivity index is 1.73. The number of rotatable bonds is 4. The third-order valence-electron chi connectivity index (χ3n) is 4.55. The Morgan fingerprint density at radius 3 is 2.75 bits per heavy atom. The minimum Gasteiger partial charge on any atom is -0.348 e. The molecule has 2 unspecified atom stereocenters. The highest BCUT2D eigenvalue weighted by Crippen LogP contribution is 2.23. The standard InChI is InChI=1S/C19H23N3O2/c1-14-6-5-9-16(12-14)20-19(24)17-10-11-18(23)22(21-17)13-15-7-3-2-4-8-15/h2-4,7-8,10-11,14,16H,5-6,9,12-13H2,1H3,(H,20,24). The number of amides is 1. The van der Waals surface area contributed by atoms with Crippen LogP contribution < -0.4 is 10.9 Å². The molecular weight excluding hydrogens is 302 g/mol. The van der Waals surface area contributed by atoms with E-state index in [9.17, 15) is 9.59 Å². The lowest BCUT2D eigenvalue weighted by molar-refractivity contribution is 0.0913. The molecule has 0 aliphatic heterocycles. The van der Waals surface area contributed by atoms with Crippen molar-refractivity contribution in [2.24, 2.45) is 5.92 Å². The number of carbonyl (C=O) groups excluding carboxylic acids is 1. The molecule has 1 N–H and O–H groups in total. The minimum absolute atomic E-state index is 0.198. The first-order valence-electron chi connectivity index (χ1n) is 8.55. The number of carbonyl (C=O) groups is 1. The zero-order valence-electron chi connectivity index (χ0n) is 13.9. The van der Waals surface area contributed by atoms with Crippen LogP contribution in [0.25, 0.3) is 0 Å². The molecule has 3 rings (SSSR count). The summed E-state index contributed by atoms with van der Waals surface area (Å²) in [6.07, 6.45) is 4.40. The van der Waals surface area contributed by atoms with Gasteiger partial charge in [0.1, 0.15) is 5.69 Å². The largest absolute Gasteiger partial charge is 0.348 e. The lowest BCUT2D eigenvalue weighted by Crippen LogP contribution is -2.39. The summed E-state index contributed by atoms with van der Waals surface area (Å²) in [5.74, 6) is 0.444. The van der Waals surface area contributed by atoms with E-state index >= 15 is 0 Å². The van der Waals surface area contributed by atoms with Crippen molar-refractivity contribution >= 4 is 5.91 Å². The average Bonchev–Trinajstić information content (AvgIpc) is 2.58. The number of nitrogens with one attached hydrogen (secondary N) is 1. The van der Waals surface area contributed by atoms with Crippen LogP contribution in [0.15, 0.2) is 47.3 Å². The van der Waals surface area contributed by atoms with Gasteiger partial charge in [-0.2, -0.15) is 5.10 Å². The van der Waals surface area contributed by atoms with E-state index in [1.165, 1.54) is 23.2 Å². The molecule has 1 aliphatic rings. The van der Waals surface area contributed by atoms with E-state index in [1.807, 2.05) is 30.3 Å². The minimum atomic E-state index is -0.207. The molecule has 1 saturated carbocycles. The quantitative estimate of drug-likeness (QED) is 0.940. The molecule has 5 heteroatoms. The summed E-state index contributed by atoms with van der Waals surface area (Å²) in [5, 5.41) is 7.30. The van der Waals surface area contributed by atoms with Crippen LogP contribution in [0.2, 0.25) is 0 Å². The molecule has 0 bridgehead atoms. The predicted octanol–water partition coefficient (Wildman–Crippen LogP) is 2.60. The van der Waals surface area contributed by atoms with Crippen molar-refractivity contribution < 1.29 is 4.79 Å². The van der Waals surface area contributed by atoms with Crippen LogP contribution in [0, 0.1) is 5.92 Å². The van der Waals surface area contributed by atoms with Crippen molar-refractivity contribution in [3.05, 3.63) is 64.1 Å². The van der Waals surface area contributed by atoms with E-state index in [0.717, 1.165) is 24.8 Å². The molecule has 1 aromatic carbocycles. The summed E-state index contributed by atoms with van der Waals surface area (Å²) in [6, 6.07) is 12.8. The molecule has 1 aliphatic carbocycles. The molecule has 2 atom stereocenters. The molecule has 1 aromatic heterocycles. The Morgan fingerprint density at radius 1 is 1.21 bits per heavy atom. The maximum absolute atomic E-state index is 12.4. The van der Waals surface area contributed by atoms with E-state index in [-0.39, 0.29) is 17.5 Å². The smallest absolute Gasteiger partial charge is 0.271 e. The van der Waals surface area contributed by atoms with Crippen molar-refractivity contribution in [2.75, 3.05) is 0 Å². The second-order valence-electron chi connectivity index (χ2n) is 6.64. The number of hydrogen-bond donors (Lipinski definition) is 1. The predicted molar refractivity (Wildman–Crippen MR) is 92.9 cm³/mol. The van der Waals surface area contributed by atoms with Crippen LogP contribution in [0.5, 0.6) is 0 Å². The molecule has 0 saturated heterocycles. The van der Waals surface area contributed by atoms with Gasteiger partial charge >= 0.3 is 0 Å². The van der Waals surface area contributed by atoms with Crippen molar-refractivity contribution in [1.82, 2.24) is 15.1 Å². The Morgan fingerprint density at radius 2 is 2.00 bits per heavy atom. The number of nitrogens with zero attached hydrogens (tertiary/aromatic N) is 2. The van der Waals surface area contributed by atoms with Gasteiger partial charge in [0.2, 0.25) is 0 Å². The maximum Gasteiger partial charge on any atom is 0.271 e. The van der Waals surface area contributed by atoms with Crippen molar-refractivity contribution in [3.63, 3.8) is 0 Å². The Bertz CT molecular complexity index is 755. The molecular formula is C19H23N3O2. The Labute approximate surface area is 141 Å². The van der Waals surface area contributed by atoms with Gasteiger partial charge in [0.15, 0.2) is 0 Å². The maximum atomic E-state index is 12.4. The van der Waals surface area contributed by atoms with Crippen LogP contribution in [-0.2, 0) is 6.54 Å². The summed E-state index contributed by atoms with van der Waals surface area (Å²) in [6.45, 7) is 2.58. The SMILES string of the molecule is CC1CCCC(NC(=O)c2ccc(=O)n(Cc3ccccc3)n2)C1. The van der Waals surface area contributed by atoms with Gasteiger partial charge in [-0.3, -0.25) is 9.59 Å². The molecule has 0 radical (unpaired) electrons. The lowest BCUT2D eigenvalue weighted by Gasteiger charge is -2.27. The van der Waals surface area contributed by atoms with E-state index in [4.69, 9.17) is 0 Å². The second-order valence-corrected chi connectivity index (χ2v) is 6.64. The van der Waals surface area contributed by atoms with Gasteiger partial charge in [0.25, 0.3) is 11.5 Å². The van der Waals surface area contributed by atoms with Crippen LogP contribution in [-0.4, -0.2) is 21.7 Å². The zero-order chi connectivity index (χ0) is 16.9. The van der Waals surface area contributed by atoms with E-state index in [1.54, 1.807) is 0 Å². The van der Waals surface area contributed by atoms with Gasteiger partial charge in [-0.1, -0.05) is 50.1 Å². The molecule has 126 valence electrons. The van der Waals surface area contributed by atoms with Gasteiger partial charge in [-0.15, -0.1) is 0 Å². The normalized spacial score (nSPS) is 20.5. The van der Waals surface area contributed by atoms with Gasteiger partial charge < -0.3 is 5.32 Å². The molecule has 24 heavy (non-hydrogen) atoms. The zero-order valence-corrected chi connectivity index (χ0v) is 13.9. The van der Waals surface area contributed by atoms with Gasteiger partial charge in [-0.05, 0) is 30.4 Å². The molecule has 0 spiro atoms. The molecule has 1 fully saturated rings. The van der Waals surface area contributed by atoms with Gasteiger partial charge in [-0.25, -0.2) is 4.68 Å². The highest BCUT2D eigenvalue weighted by molar-refractivity contribution is 5.92. The first kappa shape index (κ1) is 16.4. The van der Waals surface area contributed by atoms with Crippen molar-refractivity contribution in [3.8, 4) is 0 Å². The summed E-state index contributed by atoms with van der Waals surface area (Å²) in [4.78, 5) is 24.4. The molecule has 1 heterocycles. The summed E-state index contributed by atoms with van der Waals surface area (Å²) in [7, 11) is 0. The molecule has 2 aromatic rings. The topological polar surface area (TPSA) is 64.0 Å². The third-order valence-corrected chi connectivity index (χ3v) is 4.55. The summed E-state index contributed by atoms with van der Waals surface area (Å²) in [5.41, 5.74) is 1.07. The van der Waals surface area contributed by atoms with Crippen LogP contribution in [0.4, 0.5) is 0 Å². The summed E-state index contributed by atoms with van der Waals surface area (Å²) < 4.78 is 1.34.